The van der Waals surface area contributed by atoms with Crippen molar-refractivity contribution in [3.8, 4) is 0 Å². The summed E-state index contributed by atoms with van der Waals surface area (Å²) in [5, 5.41) is 0. The van der Waals surface area contributed by atoms with Crippen molar-refractivity contribution >= 4 is 0 Å². The van der Waals surface area contributed by atoms with Crippen LogP contribution in [0.5, 0.6) is 0 Å². The van der Waals surface area contributed by atoms with Gasteiger partial charge in [-0.05, 0) is 58.4 Å². The number of nitrogens with zero attached hydrogens (tertiary/aromatic N) is 1. The predicted octanol–water partition coefficient (Wildman–Crippen LogP) is 4.86. The molecule has 1 nitrogen and oxygen atoms in total. The van der Waals surface area contributed by atoms with Crippen molar-refractivity contribution in [2.45, 2.75) is 90.1 Å². The fraction of sp³-hybridized carbons (Fsp3) is 1.00. The third-order valence-electron chi connectivity index (χ3n) is 6.80. The summed E-state index contributed by atoms with van der Waals surface area (Å²) in [6, 6.07) is 0. The molecule has 1 heteroatoms. The Balaban J connectivity index is 2.20. The highest BCUT2D eigenvalue weighted by Gasteiger charge is 2.47. The zero-order valence-corrected chi connectivity index (χ0v) is 13.3. The lowest BCUT2D eigenvalue weighted by atomic mass is 9.67. The first-order valence-corrected chi connectivity index (χ1v) is 8.15. The van der Waals surface area contributed by atoms with Crippen LogP contribution >= 0.6 is 0 Å². The first kappa shape index (κ1) is 14.4. The third-order valence-corrected chi connectivity index (χ3v) is 6.80. The Morgan fingerprint density at radius 3 is 1.50 bits per heavy atom. The van der Waals surface area contributed by atoms with Crippen LogP contribution < -0.4 is 0 Å². The average molecular weight is 251 g/mol. The van der Waals surface area contributed by atoms with Gasteiger partial charge in [-0.25, -0.2) is 0 Å². The molecule has 0 radical (unpaired) electrons. The molecule has 0 aromatic carbocycles. The molecule has 0 bridgehead atoms. The highest BCUT2D eigenvalue weighted by molar-refractivity contribution is 5.02. The minimum Gasteiger partial charge on any atom is -0.295 e. The summed E-state index contributed by atoms with van der Waals surface area (Å²) in [7, 11) is 2.42. The van der Waals surface area contributed by atoms with E-state index >= 15 is 0 Å². The van der Waals surface area contributed by atoms with E-state index in [9.17, 15) is 0 Å². The second-order valence-corrected chi connectivity index (χ2v) is 7.57. The molecule has 106 valence electrons. The first-order valence-electron chi connectivity index (χ1n) is 8.15. The Hall–Kier alpha value is -0.0400. The summed E-state index contributed by atoms with van der Waals surface area (Å²) in [6.07, 6.45) is 11.4. The molecule has 0 aromatic heterocycles. The van der Waals surface area contributed by atoms with E-state index in [4.69, 9.17) is 0 Å². The molecule has 2 aliphatic carbocycles. The van der Waals surface area contributed by atoms with Crippen LogP contribution in [0.4, 0.5) is 0 Å². The Kier molecular flexibility index (Phi) is 4.11. The van der Waals surface area contributed by atoms with Crippen molar-refractivity contribution in [2.24, 2.45) is 11.8 Å². The van der Waals surface area contributed by atoms with Crippen LogP contribution in [0.1, 0.15) is 79.1 Å². The Labute approximate surface area is 114 Å². The van der Waals surface area contributed by atoms with Crippen LogP contribution in [-0.4, -0.2) is 23.0 Å². The quantitative estimate of drug-likeness (QED) is 0.677. The summed E-state index contributed by atoms with van der Waals surface area (Å²) < 4.78 is 0. The number of hydrogen-bond donors (Lipinski definition) is 0. The van der Waals surface area contributed by atoms with Crippen molar-refractivity contribution in [3.63, 3.8) is 0 Å². The number of hydrogen-bond acceptors (Lipinski definition) is 1. The molecule has 0 saturated heterocycles. The molecule has 2 rings (SSSR count). The molecular formula is C17H33N. The Morgan fingerprint density at radius 2 is 1.17 bits per heavy atom. The summed E-state index contributed by atoms with van der Waals surface area (Å²) in [5.74, 6) is 1.70. The third kappa shape index (κ3) is 2.24. The van der Waals surface area contributed by atoms with Gasteiger partial charge >= 0.3 is 0 Å². The summed E-state index contributed by atoms with van der Waals surface area (Å²) >= 11 is 0. The highest BCUT2D eigenvalue weighted by atomic mass is 15.2. The summed E-state index contributed by atoms with van der Waals surface area (Å²) in [5.41, 5.74) is 0.858. The van der Waals surface area contributed by atoms with Gasteiger partial charge in [-0.3, -0.25) is 4.90 Å². The maximum Gasteiger partial charge on any atom is 0.0209 e. The molecule has 2 saturated carbocycles. The van der Waals surface area contributed by atoms with Crippen LogP contribution in [0.15, 0.2) is 0 Å². The van der Waals surface area contributed by atoms with Crippen molar-refractivity contribution in [2.75, 3.05) is 7.05 Å². The van der Waals surface area contributed by atoms with Crippen LogP contribution in [0.2, 0.25) is 0 Å². The van der Waals surface area contributed by atoms with Crippen LogP contribution in [0.3, 0.4) is 0 Å². The normalized spacial score (nSPS) is 46.3. The lowest BCUT2D eigenvalue weighted by molar-refractivity contribution is -0.0719. The smallest absolute Gasteiger partial charge is 0.0209 e. The molecule has 0 heterocycles. The largest absolute Gasteiger partial charge is 0.295 e. The van der Waals surface area contributed by atoms with E-state index in [0.29, 0.717) is 11.1 Å². The maximum absolute atomic E-state index is 2.80. The molecule has 2 fully saturated rings. The minimum atomic E-state index is 0.429. The molecule has 2 aliphatic rings. The zero-order chi connectivity index (χ0) is 13.4. The lowest BCUT2D eigenvalue weighted by Crippen LogP contribution is -2.62. The summed E-state index contributed by atoms with van der Waals surface area (Å²) in [6.45, 7) is 10.0. The minimum absolute atomic E-state index is 0.429. The highest BCUT2D eigenvalue weighted by Crippen LogP contribution is 2.46. The fourth-order valence-electron chi connectivity index (χ4n) is 4.56. The van der Waals surface area contributed by atoms with Gasteiger partial charge in [-0.2, -0.15) is 0 Å². The topological polar surface area (TPSA) is 3.24 Å². The van der Waals surface area contributed by atoms with Crippen molar-refractivity contribution in [3.05, 3.63) is 0 Å². The van der Waals surface area contributed by atoms with Gasteiger partial charge in [0.2, 0.25) is 0 Å². The summed E-state index contributed by atoms with van der Waals surface area (Å²) in [4.78, 5) is 2.80. The van der Waals surface area contributed by atoms with Gasteiger partial charge in [0.05, 0.1) is 0 Å². The molecule has 0 aromatic rings. The molecular weight excluding hydrogens is 218 g/mol. The maximum atomic E-state index is 2.80. The Bertz CT molecular complexity index is 259. The van der Waals surface area contributed by atoms with Gasteiger partial charge < -0.3 is 0 Å². The van der Waals surface area contributed by atoms with Gasteiger partial charge in [0, 0.05) is 11.1 Å². The van der Waals surface area contributed by atoms with Gasteiger partial charge in [0.15, 0.2) is 0 Å². The van der Waals surface area contributed by atoms with E-state index in [2.05, 4.69) is 39.6 Å². The SMILES string of the molecule is CC1CCCCC1(C)N(C)C1(C)CCCCC1C. The molecule has 4 atom stereocenters. The van der Waals surface area contributed by atoms with Gasteiger partial charge in [0.1, 0.15) is 0 Å². The van der Waals surface area contributed by atoms with E-state index in [1.165, 1.54) is 51.4 Å². The van der Waals surface area contributed by atoms with Crippen LogP contribution in [0.25, 0.3) is 0 Å². The second-order valence-electron chi connectivity index (χ2n) is 7.57. The zero-order valence-electron chi connectivity index (χ0n) is 13.3. The van der Waals surface area contributed by atoms with Gasteiger partial charge in [-0.1, -0.05) is 39.5 Å². The first-order chi connectivity index (χ1) is 8.41. The van der Waals surface area contributed by atoms with Crippen molar-refractivity contribution in [1.29, 1.82) is 0 Å². The fourth-order valence-corrected chi connectivity index (χ4v) is 4.56. The monoisotopic (exact) mass is 251 g/mol. The lowest BCUT2D eigenvalue weighted by Gasteiger charge is -2.57. The van der Waals surface area contributed by atoms with Gasteiger partial charge in [-0.15, -0.1) is 0 Å². The van der Waals surface area contributed by atoms with E-state index in [1.54, 1.807) is 0 Å². The number of rotatable bonds is 2. The molecule has 4 unspecified atom stereocenters. The standard InChI is InChI=1S/C17H33N/c1-14-10-6-8-12-16(14,3)18(5)17(4)13-9-7-11-15(17)2/h14-15H,6-13H2,1-5H3. The van der Waals surface area contributed by atoms with Crippen LogP contribution in [-0.2, 0) is 0 Å². The van der Waals surface area contributed by atoms with E-state index in [1.807, 2.05) is 0 Å². The predicted molar refractivity (Wildman–Crippen MR) is 79.8 cm³/mol. The van der Waals surface area contributed by atoms with Gasteiger partial charge in [0.25, 0.3) is 0 Å². The van der Waals surface area contributed by atoms with Crippen molar-refractivity contribution in [1.82, 2.24) is 4.90 Å². The molecule has 0 N–H and O–H groups in total. The van der Waals surface area contributed by atoms with E-state index in [-0.39, 0.29) is 0 Å². The second kappa shape index (κ2) is 5.15. The molecule has 0 spiro atoms. The van der Waals surface area contributed by atoms with Crippen molar-refractivity contribution < 1.29 is 0 Å². The molecule has 18 heavy (non-hydrogen) atoms. The molecule has 0 aliphatic heterocycles. The van der Waals surface area contributed by atoms with E-state index in [0.717, 1.165) is 11.8 Å². The van der Waals surface area contributed by atoms with E-state index < -0.39 is 0 Å². The molecule has 0 amide bonds. The van der Waals surface area contributed by atoms with Crippen LogP contribution in [0, 0.1) is 11.8 Å². The Morgan fingerprint density at radius 1 is 0.778 bits per heavy atom. The average Bonchev–Trinajstić information content (AvgIpc) is 2.36.